The number of rotatable bonds is 7. The summed E-state index contributed by atoms with van der Waals surface area (Å²) in [5.41, 5.74) is 1.00. The maximum absolute atomic E-state index is 12.2. The normalized spacial score (nSPS) is 17.4. The van der Waals surface area contributed by atoms with Crippen LogP contribution in [0, 0.1) is 6.92 Å². The first-order chi connectivity index (χ1) is 11.4. The van der Waals surface area contributed by atoms with Crippen LogP contribution in [0.3, 0.4) is 0 Å². The van der Waals surface area contributed by atoms with Gasteiger partial charge >= 0.3 is 0 Å². The fourth-order valence-corrected chi connectivity index (χ4v) is 3.61. The van der Waals surface area contributed by atoms with Gasteiger partial charge < -0.3 is 15.0 Å². The number of hydrogen-bond acceptors (Lipinski definition) is 4. The minimum absolute atomic E-state index is 0.0751. The van der Waals surface area contributed by atoms with E-state index in [0.29, 0.717) is 19.8 Å². The summed E-state index contributed by atoms with van der Waals surface area (Å²) in [7, 11) is -3.56. The van der Waals surface area contributed by atoms with Crippen LogP contribution in [0.2, 0.25) is 0 Å². The number of ether oxygens (including phenoxy) is 1. The quantitative estimate of drug-likeness (QED) is 0.566. The topological polar surface area (TPSA) is 88.9 Å². The monoisotopic (exact) mass is 356 g/mol. The van der Waals surface area contributed by atoms with Crippen LogP contribution >= 0.6 is 0 Å². The Morgan fingerprint density at radius 1 is 1.25 bits per heavy atom. The van der Waals surface area contributed by atoms with Crippen molar-refractivity contribution in [1.82, 2.24) is 10.0 Å². The van der Waals surface area contributed by atoms with Gasteiger partial charge in [-0.25, -0.2) is 13.1 Å². The molecule has 0 aliphatic carbocycles. The van der Waals surface area contributed by atoms with Gasteiger partial charge in [-0.1, -0.05) is 17.7 Å². The molecule has 0 spiro atoms. The number of amides is 1. The van der Waals surface area contributed by atoms with Crippen molar-refractivity contribution in [3.63, 3.8) is 0 Å². The highest BCUT2D eigenvalue weighted by Crippen LogP contribution is 2.09. The van der Waals surface area contributed by atoms with E-state index in [-0.39, 0.29) is 23.4 Å². The van der Waals surface area contributed by atoms with Gasteiger partial charge in [0.1, 0.15) is 13.1 Å². The first-order valence-electron chi connectivity index (χ1n) is 8.14. The molecule has 8 heteroatoms. The molecular weight excluding hydrogens is 330 g/mol. The maximum atomic E-state index is 12.2. The molecule has 1 aromatic carbocycles. The summed E-state index contributed by atoms with van der Waals surface area (Å²) in [6.45, 7) is 7.22. The highest BCUT2D eigenvalue weighted by atomic mass is 32.2. The Morgan fingerprint density at radius 3 is 2.50 bits per heavy atom. The van der Waals surface area contributed by atoms with E-state index < -0.39 is 10.0 Å². The number of morpholine rings is 1. The Balaban J connectivity index is 1.78. The van der Waals surface area contributed by atoms with Gasteiger partial charge in [0.25, 0.3) is 5.91 Å². The van der Waals surface area contributed by atoms with E-state index in [2.05, 4.69) is 10.0 Å². The molecule has 1 atom stereocenters. The third-order valence-corrected chi connectivity index (χ3v) is 5.37. The SMILES string of the molecule is Cc1ccc(S(=O)(=O)NC[C@@H](C)NC(=O)C[NH+]2CCOCC2)cc1. The van der Waals surface area contributed by atoms with Crippen molar-refractivity contribution in [2.24, 2.45) is 0 Å². The highest BCUT2D eigenvalue weighted by Gasteiger charge is 2.20. The minimum atomic E-state index is -3.56. The van der Waals surface area contributed by atoms with Crippen LogP contribution in [-0.4, -0.2) is 59.8 Å². The summed E-state index contributed by atoms with van der Waals surface area (Å²) in [5, 5.41) is 2.83. The first kappa shape index (κ1) is 18.9. The molecule has 1 aliphatic rings. The van der Waals surface area contributed by atoms with Gasteiger partial charge in [-0.05, 0) is 26.0 Å². The number of aryl methyl sites for hydroxylation is 1. The number of quaternary nitrogens is 1. The van der Waals surface area contributed by atoms with Crippen molar-refractivity contribution >= 4 is 15.9 Å². The van der Waals surface area contributed by atoms with Gasteiger partial charge in [-0.2, -0.15) is 0 Å². The average molecular weight is 356 g/mol. The minimum Gasteiger partial charge on any atom is -0.370 e. The lowest BCUT2D eigenvalue weighted by molar-refractivity contribution is -0.900. The van der Waals surface area contributed by atoms with Crippen LogP contribution in [-0.2, 0) is 19.6 Å². The van der Waals surface area contributed by atoms with Crippen molar-refractivity contribution in [2.75, 3.05) is 39.4 Å². The molecule has 0 saturated carbocycles. The Kier molecular flexibility index (Phi) is 6.73. The Labute approximate surface area is 143 Å². The van der Waals surface area contributed by atoms with Crippen molar-refractivity contribution < 1.29 is 22.8 Å². The average Bonchev–Trinajstić information content (AvgIpc) is 2.54. The fraction of sp³-hybridized carbons (Fsp3) is 0.562. The standard InChI is InChI=1S/C16H25N3O4S/c1-13-3-5-15(6-4-13)24(21,22)17-11-14(2)18-16(20)12-19-7-9-23-10-8-19/h3-6,14,17H,7-12H2,1-2H3,(H,18,20)/p+1/t14-/m1/s1. The van der Waals surface area contributed by atoms with Gasteiger partial charge in [0.15, 0.2) is 6.54 Å². The summed E-state index contributed by atoms with van der Waals surface area (Å²) in [4.78, 5) is 13.4. The molecule has 1 fully saturated rings. The van der Waals surface area contributed by atoms with E-state index in [4.69, 9.17) is 4.74 Å². The van der Waals surface area contributed by atoms with E-state index in [0.717, 1.165) is 18.7 Å². The molecule has 7 nitrogen and oxygen atoms in total. The Hall–Kier alpha value is -1.48. The zero-order valence-corrected chi connectivity index (χ0v) is 15.0. The number of sulfonamides is 1. The third-order valence-electron chi connectivity index (χ3n) is 3.93. The highest BCUT2D eigenvalue weighted by molar-refractivity contribution is 7.89. The fourth-order valence-electron chi connectivity index (χ4n) is 2.48. The molecule has 1 aliphatic heterocycles. The molecule has 24 heavy (non-hydrogen) atoms. The molecule has 0 unspecified atom stereocenters. The lowest BCUT2D eigenvalue weighted by Crippen LogP contribution is -3.15. The number of carbonyl (C=O) groups excluding carboxylic acids is 1. The summed E-state index contributed by atoms with van der Waals surface area (Å²) < 4.78 is 32.2. The zero-order chi connectivity index (χ0) is 17.6. The second-order valence-corrected chi connectivity index (χ2v) is 7.94. The Morgan fingerprint density at radius 2 is 1.88 bits per heavy atom. The van der Waals surface area contributed by atoms with Gasteiger partial charge in [0.05, 0.1) is 18.1 Å². The van der Waals surface area contributed by atoms with Gasteiger partial charge in [0, 0.05) is 12.6 Å². The maximum Gasteiger partial charge on any atom is 0.275 e. The predicted molar refractivity (Wildman–Crippen MR) is 90.4 cm³/mol. The first-order valence-corrected chi connectivity index (χ1v) is 9.62. The van der Waals surface area contributed by atoms with Crippen molar-refractivity contribution in [1.29, 1.82) is 0 Å². The van der Waals surface area contributed by atoms with Crippen molar-refractivity contribution in [3.05, 3.63) is 29.8 Å². The molecule has 1 saturated heterocycles. The molecule has 1 amide bonds. The zero-order valence-electron chi connectivity index (χ0n) is 14.2. The lowest BCUT2D eigenvalue weighted by atomic mass is 10.2. The lowest BCUT2D eigenvalue weighted by Gasteiger charge is -2.24. The predicted octanol–water partition coefficient (Wildman–Crippen LogP) is -1.31. The van der Waals surface area contributed by atoms with Crippen LogP contribution < -0.4 is 14.9 Å². The van der Waals surface area contributed by atoms with Crippen LogP contribution in [0.1, 0.15) is 12.5 Å². The van der Waals surface area contributed by atoms with Crippen molar-refractivity contribution in [2.45, 2.75) is 24.8 Å². The van der Waals surface area contributed by atoms with Gasteiger partial charge in [-0.15, -0.1) is 0 Å². The molecule has 134 valence electrons. The molecule has 1 aromatic rings. The summed E-state index contributed by atoms with van der Waals surface area (Å²) in [6.07, 6.45) is 0. The largest absolute Gasteiger partial charge is 0.370 e. The van der Waals surface area contributed by atoms with Crippen LogP contribution in [0.5, 0.6) is 0 Å². The second-order valence-electron chi connectivity index (χ2n) is 6.17. The number of hydrogen-bond donors (Lipinski definition) is 3. The summed E-state index contributed by atoms with van der Waals surface area (Å²) in [6, 6.07) is 6.37. The second kappa shape index (κ2) is 8.57. The van der Waals surface area contributed by atoms with Gasteiger partial charge in [-0.3, -0.25) is 4.79 Å². The van der Waals surface area contributed by atoms with E-state index in [1.165, 1.54) is 4.90 Å². The number of nitrogens with one attached hydrogen (secondary N) is 3. The molecule has 0 bridgehead atoms. The van der Waals surface area contributed by atoms with Crippen LogP contribution in [0.15, 0.2) is 29.2 Å². The molecule has 0 radical (unpaired) electrons. The molecule has 2 rings (SSSR count). The summed E-state index contributed by atoms with van der Waals surface area (Å²) in [5.74, 6) is -0.0751. The molecule has 3 N–H and O–H groups in total. The third kappa shape index (κ3) is 5.86. The van der Waals surface area contributed by atoms with Crippen LogP contribution in [0.25, 0.3) is 0 Å². The van der Waals surface area contributed by atoms with Gasteiger partial charge in [0.2, 0.25) is 10.0 Å². The molecule has 0 aromatic heterocycles. The smallest absolute Gasteiger partial charge is 0.275 e. The van der Waals surface area contributed by atoms with E-state index in [1.54, 1.807) is 31.2 Å². The summed E-state index contributed by atoms with van der Waals surface area (Å²) >= 11 is 0. The Bertz CT molecular complexity index is 640. The van der Waals surface area contributed by atoms with E-state index in [1.807, 2.05) is 6.92 Å². The number of carbonyl (C=O) groups is 1. The van der Waals surface area contributed by atoms with E-state index in [9.17, 15) is 13.2 Å². The van der Waals surface area contributed by atoms with E-state index >= 15 is 0 Å². The molecular formula is C16H26N3O4S+. The van der Waals surface area contributed by atoms with Crippen LogP contribution in [0.4, 0.5) is 0 Å². The molecule has 1 heterocycles. The van der Waals surface area contributed by atoms with Crippen molar-refractivity contribution in [3.8, 4) is 0 Å². The number of benzene rings is 1.